The minimum atomic E-state index is -1.58. The molecule has 28 heteroatoms. The molecular weight excluding hydrogens is 1130 g/mol. The Morgan fingerprint density at radius 2 is 1.52 bits per heavy atom. The number of nitrogens with two attached hydrogens (primary N) is 4. The predicted molar refractivity (Wildman–Crippen MR) is 317 cm³/mol. The SMILES string of the molecule is CC(=O)N[C@@H](C)C(=O)N[C@@H](CCCN=C(N)N)C(=O)N[C@@H](Cc1c[nH]c2ccccc12)C(=O)N[C@H]1C/C=C\C[C@@H](C(=O)N2CCC[C@H]2C(=O)N[C@@H](CCCN)C(N)=O)NC(=O)C2(CCC2)NC(=O)[C@@H]2CCCN2C(=O)[C@H](Cc2cccc(F)c2)NC1=O. The zero-order valence-electron chi connectivity index (χ0n) is 49.0. The van der Waals surface area contributed by atoms with Crippen molar-refractivity contribution in [2.75, 3.05) is 26.2 Å². The molecule has 87 heavy (non-hydrogen) atoms. The van der Waals surface area contributed by atoms with E-state index in [0.717, 1.165) is 0 Å². The van der Waals surface area contributed by atoms with Gasteiger partial charge in [-0.3, -0.25) is 57.7 Å². The number of hydrogen-bond acceptors (Lipinski definition) is 13. The second-order valence-electron chi connectivity index (χ2n) is 22.7. The largest absolute Gasteiger partial charge is 0.370 e. The van der Waals surface area contributed by atoms with Gasteiger partial charge in [-0.1, -0.05) is 42.5 Å². The quantitative estimate of drug-likeness (QED) is 0.0228. The molecule has 1 aliphatic carbocycles. The van der Waals surface area contributed by atoms with Gasteiger partial charge >= 0.3 is 0 Å². The number of aromatic amines is 1. The summed E-state index contributed by atoms with van der Waals surface area (Å²) in [5.74, 6) is -8.82. The van der Waals surface area contributed by atoms with Crippen LogP contribution in [-0.2, 0) is 65.6 Å². The van der Waals surface area contributed by atoms with Gasteiger partial charge in [-0.05, 0) is 126 Å². The third-order valence-electron chi connectivity index (χ3n) is 16.3. The monoisotopic (exact) mass is 1210 g/mol. The van der Waals surface area contributed by atoms with E-state index in [1.807, 2.05) is 6.07 Å². The van der Waals surface area contributed by atoms with E-state index in [1.165, 1.54) is 54.0 Å². The first kappa shape index (κ1) is 65.6. The average Bonchev–Trinajstić information content (AvgIpc) is 3.90. The number of hydrogen-bond donors (Lipinski definition) is 13. The second kappa shape index (κ2) is 30.4. The van der Waals surface area contributed by atoms with Crippen LogP contribution in [0.15, 0.2) is 71.9 Å². The number of amides is 11. The van der Waals surface area contributed by atoms with E-state index < -0.39 is 131 Å². The lowest BCUT2D eigenvalue weighted by molar-refractivity contribution is -0.146. The first-order valence-electron chi connectivity index (χ1n) is 29.6. The van der Waals surface area contributed by atoms with E-state index >= 15 is 9.59 Å². The van der Waals surface area contributed by atoms with Gasteiger partial charge in [0.15, 0.2) is 5.96 Å². The molecule has 0 bridgehead atoms. The number of aromatic nitrogens is 1. The Kier molecular flexibility index (Phi) is 22.9. The van der Waals surface area contributed by atoms with Crippen molar-refractivity contribution >= 4 is 81.8 Å². The average molecular weight is 1210 g/mol. The lowest BCUT2D eigenvalue weighted by atomic mass is 9.75. The first-order valence-corrected chi connectivity index (χ1v) is 29.6. The minimum absolute atomic E-state index is 0.0415. The molecule has 3 aromatic rings. The molecular formula is C59H81FN16O11. The number of rotatable bonds is 22. The molecule has 11 amide bonds. The van der Waals surface area contributed by atoms with Crippen LogP contribution in [0.1, 0.15) is 108 Å². The topological polar surface area (TPSA) is 423 Å². The highest BCUT2D eigenvalue weighted by Crippen LogP contribution is 2.34. The lowest BCUT2D eigenvalue weighted by Crippen LogP contribution is -2.67. The summed E-state index contributed by atoms with van der Waals surface area (Å²) in [6.07, 6.45) is 6.37. The molecule has 1 saturated carbocycles. The Hall–Kier alpha value is -8.95. The molecule has 0 radical (unpaired) electrons. The highest BCUT2D eigenvalue weighted by molar-refractivity contribution is 6.01. The number of halogens is 1. The molecule has 1 spiro atoms. The molecule has 3 fully saturated rings. The summed E-state index contributed by atoms with van der Waals surface area (Å²) in [4.78, 5) is 165. The Balaban J connectivity index is 1.26. The zero-order chi connectivity index (χ0) is 63.0. The molecule has 27 nitrogen and oxygen atoms in total. The van der Waals surface area contributed by atoms with Crippen LogP contribution in [-0.4, -0.2) is 172 Å². The van der Waals surface area contributed by atoms with Gasteiger partial charge < -0.3 is 80.3 Å². The predicted octanol–water partition coefficient (Wildman–Crippen LogP) is -1.83. The Morgan fingerprint density at radius 1 is 0.793 bits per heavy atom. The van der Waals surface area contributed by atoms with Gasteiger partial charge in [-0.15, -0.1) is 0 Å². The normalized spacial score (nSPS) is 22.3. The number of benzene rings is 2. The number of H-pyrrole nitrogens is 1. The van der Waals surface area contributed by atoms with Crippen molar-refractivity contribution < 1.29 is 57.1 Å². The van der Waals surface area contributed by atoms with Crippen LogP contribution in [0.3, 0.4) is 0 Å². The summed E-state index contributed by atoms with van der Waals surface area (Å²) in [5.41, 5.74) is 22.5. The Labute approximate surface area is 502 Å². The number of para-hydroxylation sites is 1. The van der Waals surface area contributed by atoms with E-state index in [2.05, 4.69) is 52.5 Å². The van der Waals surface area contributed by atoms with Crippen LogP contribution < -0.4 is 65.5 Å². The molecule has 3 aliphatic heterocycles. The van der Waals surface area contributed by atoms with Crippen molar-refractivity contribution in [1.82, 2.24) is 57.3 Å². The van der Waals surface area contributed by atoms with Crippen molar-refractivity contribution in [2.24, 2.45) is 27.9 Å². The minimum Gasteiger partial charge on any atom is -0.370 e. The van der Waals surface area contributed by atoms with Crippen LogP contribution in [0.2, 0.25) is 0 Å². The van der Waals surface area contributed by atoms with E-state index in [1.54, 1.807) is 30.5 Å². The number of nitrogens with one attached hydrogen (secondary N) is 9. The van der Waals surface area contributed by atoms with Crippen LogP contribution in [0.5, 0.6) is 0 Å². The molecule has 1 aromatic heterocycles. The standard InChI is InChI=1S/C59H81FN16O11/c1-33(67-34(2)77)49(79)69-42(20-9-26-65-58(63)64)50(80)71-44(31-36-32-66-39-16-4-3-15-38(36)39)52(82)70-41-17-5-6-18-43(55(85)75-27-10-21-46(75)53(83)68-40(48(62)78)19-8-25-61)73-57(87)59(23-12-24-59)74-54(84)47-22-11-28-76(47)56(86)45(72-51(41)81)30-35-13-7-14-37(60)29-35/h3-7,13-16,29,32-33,40-47,66H,8-12,17-28,30-31,61H2,1-2H3,(H2,62,78)(H,67,77)(H,68,83)(H,69,79)(H,70,82)(H,71,80)(H,72,81)(H,73,87)(H,74,84)(H4,63,64,65)/b6-5-/t33-,40-,41-,42-,43-,44-,45-,46-,47-/m0/s1. The van der Waals surface area contributed by atoms with Crippen molar-refractivity contribution in [3.8, 4) is 0 Å². The van der Waals surface area contributed by atoms with Crippen molar-refractivity contribution in [2.45, 2.75) is 170 Å². The molecule has 0 unspecified atom stereocenters. The molecule has 2 aromatic carbocycles. The molecule has 4 heterocycles. The molecule has 470 valence electrons. The third-order valence-corrected chi connectivity index (χ3v) is 16.3. The Bertz CT molecular complexity index is 3110. The number of aliphatic imine (C=N–C) groups is 1. The van der Waals surface area contributed by atoms with Gasteiger partial charge in [0.1, 0.15) is 65.7 Å². The lowest BCUT2D eigenvalue weighted by Gasteiger charge is -2.43. The van der Waals surface area contributed by atoms with Crippen molar-refractivity contribution in [3.63, 3.8) is 0 Å². The first-order chi connectivity index (χ1) is 41.6. The van der Waals surface area contributed by atoms with E-state index in [0.29, 0.717) is 47.7 Å². The fraction of sp³-hybridized carbons (Fsp3) is 0.525. The van der Waals surface area contributed by atoms with Crippen molar-refractivity contribution in [3.05, 3.63) is 83.8 Å². The number of likely N-dealkylation sites (tertiary alicyclic amines) is 1. The maximum atomic E-state index is 15.1. The number of carbonyl (C=O) groups excluding carboxylic acids is 11. The third kappa shape index (κ3) is 17.4. The molecule has 9 atom stereocenters. The Morgan fingerprint density at radius 3 is 2.22 bits per heavy atom. The molecule has 2 saturated heterocycles. The van der Waals surface area contributed by atoms with Crippen LogP contribution in [0, 0.1) is 5.82 Å². The van der Waals surface area contributed by atoms with Gasteiger partial charge in [0.25, 0.3) is 0 Å². The zero-order valence-corrected chi connectivity index (χ0v) is 49.0. The number of primary amides is 1. The molecule has 4 aliphatic rings. The molecule has 17 N–H and O–H groups in total. The molecule has 7 rings (SSSR count). The summed E-state index contributed by atoms with van der Waals surface area (Å²) in [7, 11) is 0. The summed E-state index contributed by atoms with van der Waals surface area (Å²) in [6.45, 7) is 3.11. The summed E-state index contributed by atoms with van der Waals surface area (Å²) >= 11 is 0. The number of guanidine groups is 1. The summed E-state index contributed by atoms with van der Waals surface area (Å²) < 4.78 is 14.8. The number of carbonyl (C=O) groups is 11. The van der Waals surface area contributed by atoms with Crippen LogP contribution >= 0.6 is 0 Å². The number of nitrogens with zero attached hydrogens (tertiary/aromatic N) is 3. The van der Waals surface area contributed by atoms with Gasteiger partial charge in [0, 0.05) is 56.5 Å². The number of fused-ring (bicyclic) bond motifs is 2. The second-order valence-corrected chi connectivity index (χ2v) is 22.7. The maximum Gasteiger partial charge on any atom is 0.246 e. The van der Waals surface area contributed by atoms with Crippen LogP contribution in [0.4, 0.5) is 4.39 Å². The smallest absolute Gasteiger partial charge is 0.246 e. The van der Waals surface area contributed by atoms with Gasteiger partial charge in [0.2, 0.25) is 65.0 Å². The van der Waals surface area contributed by atoms with E-state index in [9.17, 15) is 47.5 Å². The van der Waals surface area contributed by atoms with Gasteiger partial charge in [-0.2, -0.15) is 0 Å². The fourth-order valence-corrected chi connectivity index (χ4v) is 11.4. The maximum absolute atomic E-state index is 15.1. The van der Waals surface area contributed by atoms with Crippen molar-refractivity contribution in [1.29, 1.82) is 0 Å². The highest BCUT2D eigenvalue weighted by atomic mass is 19.1. The summed E-state index contributed by atoms with van der Waals surface area (Å²) in [5, 5.41) is 22.6. The van der Waals surface area contributed by atoms with Crippen LogP contribution in [0.25, 0.3) is 10.9 Å². The summed E-state index contributed by atoms with van der Waals surface area (Å²) in [6, 6.07) is 1.06. The van der Waals surface area contributed by atoms with E-state index in [4.69, 9.17) is 22.9 Å². The van der Waals surface area contributed by atoms with E-state index in [-0.39, 0.29) is 103 Å². The highest BCUT2D eigenvalue weighted by Gasteiger charge is 2.50. The van der Waals surface area contributed by atoms with Gasteiger partial charge in [-0.25, -0.2) is 4.39 Å². The van der Waals surface area contributed by atoms with Gasteiger partial charge in [0.05, 0.1) is 0 Å². The fourth-order valence-electron chi connectivity index (χ4n) is 11.4.